The number of ether oxygens (including phenoxy) is 2. The third-order valence-corrected chi connectivity index (χ3v) is 4.66. The van der Waals surface area contributed by atoms with Crippen molar-refractivity contribution in [3.63, 3.8) is 0 Å². The first-order valence-corrected chi connectivity index (χ1v) is 8.68. The molecule has 0 spiro atoms. The van der Waals surface area contributed by atoms with E-state index in [2.05, 4.69) is 10.6 Å². The number of fused-ring (bicyclic) bond motifs is 1. The number of imide groups is 1. The van der Waals surface area contributed by atoms with Crippen molar-refractivity contribution in [2.75, 3.05) is 13.3 Å². The fraction of sp³-hybridized carbons (Fsp3) is 0.500. The van der Waals surface area contributed by atoms with E-state index in [4.69, 9.17) is 9.47 Å². The average Bonchev–Trinajstić information content (AvgIpc) is 3.13. The van der Waals surface area contributed by atoms with Crippen molar-refractivity contribution < 1.29 is 23.9 Å². The normalized spacial score (nSPS) is 22.3. The second-order valence-corrected chi connectivity index (χ2v) is 6.77. The van der Waals surface area contributed by atoms with Crippen LogP contribution in [0.15, 0.2) is 18.2 Å². The summed E-state index contributed by atoms with van der Waals surface area (Å²) in [7, 11) is 0. The van der Waals surface area contributed by atoms with Crippen molar-refractivity contribution in [2.24, 2.45) is 0 Å². The minimum atomic E-state index is -1.26. The Kier molecular flexibility index (Phi) is 4.76. The van der Waals surface area contributed by atoms with Crippen LogP contribution in [0.1, 0.15) is 39.2 Å². The fourth-order valence-electron chi connectivity index (χ4n) is 3.21. The Bertz CT molecular complexity index is 750. The molecule has 4 amide bonds. The van der Waals surface area contributed by atoms with Gasteiger partial charge in [0.05, 0.1) is 0 Å². The molecule has 0 aromatic heterocycles. The van der Waals surface area contributed by atoms with Gasteiger partial charge in [0, 0.05) is 6.04 Å². The molecule has 140 valence electrons. The van der Waals surface area contributed by atoms with Gasteiger partial charge in [-0.05, 0) is 38.0 Å². The van der Waals surface area contributed by atoms with Crippen molar-refractivity contribution in [1.29, 1.82) is 0 Å². The van der Waals surface area contributed by atoms with Crippen LogP contribution in [0.3, 0.4) is 0 Å². The number of nitrogens with one attached hydrogen (secondary N) is 2. The minimum absolute atomic E-state index is 0.00601. The largest absolute Gasteiger partial charge is 0.454 e. The summed E-state index contributed by atoms with van der Waals surface area (Å²) in [6.07, 6.45) is 1.77. The summed E-state index contributed by atoms with van der Waals surface area (Å²) < 4.78 is 10.6. The van der Waals surface area contributed by atoms with E-state index >= 15 is 0 Å². The second kappa shape index (κ2) is 6.86. The van der Waals surface area contributed by atoms with Crippen molar-refractivity contribution in [2.45, 2.75) is 45.2 Å². The molecule has 0 saturated carbocycles. The Balaban J connectivity index is 1.74. The van der Waals surface area contributed by atoms with E-state index in [-0.39, 0.29) is 25.3 Å². The Morgan fingerprint density at radius 2 is 2.08 bits per heavy atom. The number of urea groups is 1. The maximum absolute atomic E-state index is 12.9. The quantitative estimate of drug-likeness (QED) is 0.748. The minimum Gasteiger partial charge on any atom is -0.454 e. The zero-order valence-corrected chi connectivity index (χ0v) is 15.1. The molecular formula is C18H23N3O5. The third-order valence-electron chi connectivity index (χ3n) is 4.66. The Labute approximate surface area is 151 Å². The third kappa shape index (κ3) is 3.18. The summed E-state index contributed by atoms with van der Waals surface area (Å²) in [5, 5.41) is 5.48. The van der Waals surface area contributed by atoms with E-state index in [0.29, 0.717) is 17.1 Å². The smallest absolute Gasteiger partial charge is 0.325 e. The number of rotatable bonds is 6. The van der Waals surface area contributed by atoms with Gasteiger partial charge in [-0.25, -0.2) is 4.79 Å². The predicted molar refractivity (Wildman–Crippen MR) is 92.7 cm³/mol. The molecule has 0 unspecified atom stereocenters. The van der Waals surface area contributed by atoms with E-state index in [1.54, 1.807) is 25.1 Å². The SMILES string of the molecule is CCC[C@H](C)NC(=O)CN1C(=O)N[C@](C)(c2ccc3c(c2)OCO3)C1=O. The lowest BCUT2D eigenvalue weighted by Crippen LogP contribution is -2.44. The number of benzene rings is 1. The van der Waals surface area contributed by atoms with Crippen LogP contribution < -0.4 is 20.1 Å². The molecule has 26 heavy (non-hydrogen) atoms. The van der Waals surface area contributed by atoms with Crippen LogP contribution in [-0.2, 0) is 15.1 Å². The summed E-state index contributed by atoms with van der Waals surface area (Å²) in [6, 6.07) is 4.48. The number of carbonyl (C=O) groups excluding carboxylic acids is 3. The predicted octanol–water partition coefficient (Wildman–Crippen LogP) is 1.49. The van der Waals surface area contributed by atoms with Gasteiger partial charge in [0.15, 0.2) is 11.5 Å². The summed E-state index contributed by atoms with van der Waals surface area (Å²) in [5.74, 6) is 0.287. The van der Waals surface area contributed by atoms with Gasteiger partial charge in [-0.3, -0.25) is 14.5 Å². The first kappa shape index (κ1) is 18.0. The molecule has 2 aliphatic rings. The highest BCUT2D eigenvalue weighted by molar-refractivity contribution is 6.09. The van der Waals surface area contributed by atoms with Crippen LogP contribution in [0, 0.1) is 0 Å². The molecule has 3 rings (SSSR count). The molecule has 0 bridgehead atoms. The highest BCUT2D eigenvalue weighted by atomic mass is 16.7. The van der Waals surface area contributed by atoms with E-state index < -0.39 is 17.5 Å². The topological polar surface area (TPSA) is 97.0 Å². The van der Waals surface area contributed by atoms with Crippen molar-refractivity contribution in [1.82, 2.24) is 15.5 Å². The Morgan fingerprint density at radius 3 is 2.81 bits per heavy atom. The molecule has 8 heteroatoms. The number of carbonyl (C=O) groups is 3. The van der Waals surface area contributed by atoms with Gasteiger partial charge in [0.1, 0.15) is 12.1 Å². The zero-order valence-electron chi connectivity index (χ0n) is 15.1. The van der Waals surface area contributed by atoms with Crippen LogP contribution in [-0.4, -0.2) is 42.1 Å². The van der Waals surface area contributed by atoms with Gasteiger partial charge in [-0.1, -0.05) is 19.4 Å². The summed E-state index contributed by atoms with van der Waals surface area (Å²) in [4.78, 5) is 38.3. The molecule has 0 radical (unpaired) electrons. The first-order chi connectivity index (χ1) is 12.3. The maximum Gasteiger partial charge on any atom is 0.325 e. The van der Waals surface area contributed by atoms with Crippen LogP contribution in [0.5, 0.6) is 11.5 Å². The number of amides is 4. The molecule has 1 saturated heterocycles. The van der Waals surface area contributed by atoms with Crippen molar-refractivity contribution >= 4 is 17.8 Å². The van der Waals surface area contributed by atoms with Gasteiger partial charge < -0.3 is 20.1 Å². The van der Waals surface area contributed by atoms with E-state index in [1.165, 1.54) is 0 Å². The molecule has 2 aliphatic heterocycles. The zero-order chi connectivity index (χ0) is 18.9. The molecule has 0 aliphatic carbocycles. The van der Waals surface area contributed by atoms with Crippen LogP contribution in [0.25, 0.3) is 0 Å². The Hall–Kier alpha value is -2.77. The summed E-state index contributed by atoms with van der Waals surface area (Å²) in [6.45, 7) is 5.35. The highest BCUT2D eigenvalue weighted by Gasteiger charge is 2.49. The van der Waals surface area contributed by atoms with E-state index in [9.17, 15) is 14.4 Å². The monoisotopic (exact) mass is 361 g/mol. The summed E-state index contributed by atoms with van der Waals surface area (Å²) >= 11 is 0. The molecule has 2 N–H and O–H groups in total. The number of hydrogen-bond donors (Lipinski definition) is 2. The van der Waals surface area contributed by atoms with Crippen LogP contribution in [0.4, 0.5) is 4.79 Å². The maximum atomic E-state index is 12.9. The van der Waals surface area contributed by atoms with Crippen molar-refractivity contribution in [3.8, 4) is 11.5 Å². The molecule has 1 aromatic carbocycles. The second-order valence-electron chi connectivity index (χ2n) is 6.77. The molecule has 2 heterocycles. The van der Waals surface area contributed by atoms with Crippen LogP contribution >= 0.6 is 0 Å². The van der Waals surface area contributed by atoms with Gasteiger partial charge >= 0.3 is 6.03 Å². The Morgan fingerprint density at radius 1 is 1.35 bits per heavy atom. The molecular weight excluding hydrogens is 338 g/mol. The highest BCUT2D eigenvalue weighted by Crippen LogP contribution is 2.37. The molecule has 1 fully saturated rings. The average molecular weight is 361 g/mol. The molecule has 1 aromatic rings. The van der Waals surface area contributed by atoms with Gasteiger partial charge in [-0.15, -0.1) is 0 Å². The lowest BCUT2D eigenvalue weighted by molar-refractivity contribution is -0.135. The van der Waals surface area contributed by atoms with Gasteiger partial charge in [0.2, 0.25) is 12.7 Å². The van der Waals surface area contributed by atoms with Gasteiger partial charge in [0.25, 0.3) is 5.91 Å². The van der Waals surface area contributed by atoms with Crippen LogP contribution in [0.2, 0.25) is 0 Å². The van der Waals surface area contributed by atoms with Gasteiger partial charge in [-0.2, -0.15) is 0 Å². The standard InChI is InChI=1S/C18H23N3O5/c1-4-5-11(2)19-15(22)9-21-16(23)18(3,20-17(21)24)12-6-7-13-14(8-12)26-10-25-13/h6-8,11H,4-5,9-10H2,1-3H3,(H,19,22)(H,20,24)/t11-,18+/m0/s1. The molecule has 8 nitrogen and oxygen atoms in total. The fourth-order valence-corrected chi connectivity index (χ4v) is 3.21. The molecule has 2 atom stereocenters. The lowest BCUT2D eigenvalue weighted by atomic mass is 9.91. The lowest BCUT2D eigenvalue weighted by Gasteiger charge is -2.22. The van der Waals surface area contributed by atoms with E-state index in [1.807, 2.05) is 13.8 Å². The number of hydrogen-bond acceptors (Lipinski definition) is 5. The first-order valence-electron chi connectivity index (χ1n) is 8.68. The number of nitrogens with zero attached hydrogens (tertiary/aromatic N) is 1. The van der Waals surface area contributed by atoms with E-state index in [0.717, 1.165) is 17.7 Å². The van der Waals surface area contributed by atoms with Crippen molar-refractivity contribution in [3.05, 3.63) is 23.8 Å². The summed E-state index contributed by atoms with van der Waals surface area (Å²) in [5.41, 5.74) is -0.685.